The molecule has 0 aromatic heterocycles. The molecule has 11 heteroatoms. The van der Waals surface area contributed by atoms with E-state index < -0.39 is 4.92 Å². The minimum atomic E-state index is -0.474. The second-order valence-electron chi connectivity index (χ2n) is 6.12. The number of nitrogens with zero attached hydrogens (tertiary/aromatic N) is 4. The van der Waals surface area contributed by atoms with Gasteiger partial charge in [-0.2, -0.15) is 10.2 Å². The standard InChI is InChI=1S/C19H11Cl4N5O2/c20-14-10-15(17(22)18(23)16(14)21)27-25-19(11-4-2-1-3-5-11)24-26(27)12-6-8-13(9-7-12)28(29)30/h1-10H,(H,24,25). The number of nitrogens with one attached hydrogen (secondary N) is 1. The summed E-state index contributed by atoms with van der Waals surface area (Å²) >= 11 is 25.0. The van der Waals surface area contributed by atoms with Gasteiger partial charge in [0, 0.05) is 17.7 Å². The number of hydrogen-bond acceptors (Lipinski definition) is 6. The molecule has 0 spiro atoms. The summed E-state index contributed by atoms with van der Waals surface area (Å²) in [6.45, 7) is 0. The van der Waals surface area contributed by atoms with Crippen LogP contribution in [0.15, 0.2) is 65.8 Å². The molecular formula is C19H11Cl4N5O2. The topological polar surface area (TPSA) is 74.0 Å². The Balaban J connectivity index is 1.82. The molecule has 7 nitrogen and oxygen atoms in total. The summed E-state index contributed by atoms with van der Waals surface area (Å²) in [5.74, 6) is 0.521. The van der Waals surface area contributed by atoms with Gasteiger partial charge in [-0.15, -0.1) is 5.10 Å². The highest BCUT2D eigenvalue weighted by molar-refractivity contribution is 6.52. The molecular weight excluding hydrogens is 472 g/mol. The van der Waals surface area contributed by atoms with Crippen LogP contribution < -0.4 is 15.7 Å². The first-order valence-electron chi connectivity index (χ1n) is 8.45. The third kappa shape index (κ3) is 3.73. The number of nitro groups is 1. The second-order valence-corrected chi connectivity index (χ2v) is 7.66. The summed E-state index contributed by atoms with van der Waals surface area (Å²) in [4.78, 5) is 10.5. The van der Waals surface area contributed by atoms with Crippen LogP contribution in [-0.2, 0) is 0 Å². The zero-order valence-corrected chi connectivity index (χ0v) is 17.9. The Hall–Kier alpha value is -2.71. The molecule has 0 saturated carbocycles. The van der Waals surface area contributed by atoms with Crippen LogP contribution in [0, 0.1) is 10.1 Å². The third-order valence-electron chi connectivity index (χ3n) is 4.25. The molecule has 3 aromatic rings. The minimum Gasteiger partial charge on any atom is -0.259 e. The van der Waals surface area contributed by atoms with E-state index >= 15 is 0 Å². The van der Waals surface area contributed by atoms with E-state index in [1.54, 1.807) is 18.2 Å². The predicted octanol–water partition coefficient (Wildman–Crippen LogP) is 6.32. The van der Waals surface area contributed by atoms with E-state index in [0.29, 0.717) is 17.2 Å². The van der Waals surface area contributed by atoms with Crippen LogP contribution in [0.2, 0.25) is 20.1 Å². The average molecular weight is 483 g/mol. The number of anilines is 2. The van der Waals surface area contributed by atoms with Crippen LogP contribution in [0.5, 0.6) is 0 Å². The van der Waals surface area contributed by atoms with Crippen LogP contribution >= 0.6 is 46.4 Å². The maximum atomic E-state index is 11.0. The normalized spacial score (nSPS) is 13.3. The number of hydrogen-bond donors (Lipinski definition) is 1. The second kappa shape index (κ2) is 8.20. The van der Waals surface area contributed by atoms with Gasteiger partial charge in [-0.25, -0.2) is 0 Å². The Morgan fingerprint density at radius 3 is 2.20 bits per heavy atom. The lowest BCUT2D eigenvalue weighted by atomic mass is 10.2. The highest BCUT2D eigenvalue weighted by Crippen LogP contribution is 2.43. The van der Waals surface area contributed by atoms with Gasteiger partial charge in [0.2, 0.25) is 0 Å². The van der Waals surface area contributed by atoms with E-state index in [2.05, 4.69) is 10.5 Å². The van der Waals surface area contributed by atoms with Gasteiger partial charge < -0.3 is 0 Å². The molecule has 0 radical (unpaired) electrons. The molecule has 1 aliphatic rings. The molecule has 3 aromatic carbocycles. The number of nitro benzene ring substituents is 1. The zero-order valence-electron chi connectivity index (χ0n) is 14.9. The zero-order chi connectivity index (χ0) is 21.4. The van der Waals surface area contributed by atoms with Crippen molar-refractivity contribution in [2.45, 2.75) is 0 Å². The number of rotatable bonds is 4. The molecule has 4 rings (SSSR count). The molecule has 0 fully saturated rings. The highest BCUT2D eigenvalue weighted by Gasteiger charge is 2.30. The van der Waals surface area contributed by atoms with E-state index in [4.69, 9.17) is 46.4 Å². The quantitative estimate of drug-likeness (QED) is 0.204. The lowest BCUT2D eigenvalue weighted by Gasteiger charge is -2.29. The summed E-state index contributed by atoms with van der Waals surface area (Å²) in [6.07, 6.45) is 0. The smallest absolute Gasteiger partial charge is 0.259 e. The van der Waals surface area contributed by atoms with Gasteiger partial charge in [-0.05, 0) is 18.2 Å². The van der Waals surface area contributed by atoms with E-state index in [1.807, 2.05) is 30.3 Å². The number of amidine groups is 1. The van der Waals surface area contributed by atoms with E-state index in [0.717, 1.165) is 5.56 Å². The van der Waals surface area contributed by atoms with Crippen molar-refractivity contribution >= 4 is 69.3 Å². The predicted molar refractivity (Wildman–Crippen MR) is 121 cm³/mol. The van der Waals surface area contributed by atoms with Crippen LogP contribution in [0.25, 0.3) is 0 Å². The molecule has 0 bridgehead atoms. The lowest BCUT2D eigenvalue weighted by Crippen LogP contribution is -2.45. The number of halogens is 4. The molecule has 1 heterocycles. The van der Waals surface area contributed by atoms with Crippen molar-refractivity contribution in [1.29, 1.82) is 0 Å². The van der Waals surface area contributed by atoms with Crippen molar-refractivity contribution in [3.63, 3.8) is 0 Å². The first-order valence-corrected chi connectivity index (χ1v) is 9.96. The first-order chi connectivity index (χ1) is 14.4. The fourth-order valence-electron chi connectivity index (χ4n) is 2.79. The van der Waals surface area contributed by atoms with Gasteiger partial charge in [-0.3, -0.25) is 15.5 Å². The largest absolute Gasteiger partial charge is 0.269 e. The average Bonchev–Trinajstić information content (AvgIpc) is 3.20. The van der Waals surface area contributed by atoms with Crippen LogP contribution in [0.3, 0.4) is 0 Å². The Bertz CT molecular complexity index is 1160. The Morgan fingerprint density at radius 1 is 0.900 bits per heavy atom. The number of hydrazine groups is 2. The summed E-state index contributed by atoms with van der Waals surface area (Å²) < 4.78 is 0. The molecule has 152 valence electrons. The first kappa shape index (κ1) is 20.6. The molecule has 0 saturated heterocycles. The summed E-state index contributed by atoms with van der Waals surface area (Å²) in [6, 6.07) is 16.9. The van der Waals surface area contributed by atoms with Gasteiger partial charge in [0.1, 0.15) is 5.69 Å². The number of benzene rings is 3. The molecule has 0 amide bonds. The van der Waals surface area contributed by atoms with Crippen molar-refractivity contribution in [2.24, 2.45) is 5.10 Å². The van der Waals surface area contributed by atoms with Crippen LogP contribution in [0.4, 0.5) is 17.1 Å². The molecule has 30 heavy (non-hydrogen) atoms. The van der Waals surface area contributed by atoms with Gasteiger partial charge >= 0.3 is 0 Å². The fraction of sp³-hybridized carbons (Fsp3) is 0. The monoisotopic (exact) mass is 481 g/mol. The maximum Gasteiger partial charge on any atom is 0.269 e. The van der Waals surface area contributed by atoms with Crippen LogP contribution in [-0.4, -0.2) is 10.8 Å². The highest BCUT2D eigenvalue weighted by atomic mass is 35.5. The third-order valence-corrected chi connectivity index (χ3v) is 5.99. The van der Waals surface area contributed by atoms with E-state index in [1.165, 1.54) is 22.4 Å². The number of non-ortho nitro benzene ring substituents is 1. The molecule has 0 unspecified atom stereocenters. The lowest BCUT2D eigenvalue weighted by molar-refractivity contribution is -0.384. The number of hydrazone groups is 1. The van der Waals surface area contributed by atoms with Gasteiger partial charge in [-0.1, -0.05) is 76.7 Å². The van der Waals surface area contributed by atoms with Crippen molar-refractivity contribution in [3.8, 4) is 0 Å². The SMILES string of the molecule is O=[N+]([O-])c1ccc(N2N=C(c3ccccc3)NN2c2cc(Cl)c(Cl)c(Cl)c2Cl)cc1. The van der Waals surface area contributed by atoms with Crippen LogP contribution in [0.1, 0.15) is 5.56 Å². The molecule has 1 aliphatic heterocycles. The van der Waals surface area contributed by atoms with Crippen molar-refractivity contribution in [1.82, 2.24) is 5.43 Å². The summed E-state index contributed by atoms with van der Waals surface area (Å²) in [5.41, 5.74) is 4.86. The molecule has 0 atom stereocenters. The fourth-order valence-corrected chi connectivity index (χ4v) is 3.66. The Morgan fingerprint density at radius 2 is 1.57 bits per heavy atom. The van der Waals surface area contributed by atoms with Crippen molar-refractivity contribution < 1.29 is 4.92 Å². The Kier molecular flexibility index (Phi) is 5.62. The minimum absolute atomic E-state index is 0.0414. The van der Waals surface area contributed by atoms with E-state index in [-0.39, 0.29) is 25.8 Å². The van der Waals surface area contributed by atoms with Gasteiger partial charge in [0.25, 0.3) is 5.69 Å². The van der Waals surface area contributed by atoms with Gasteiger partial charge in [0.15, 0.2) is 5.84 Å². The summed E-state index contributed by atoms with van der Waals surface area (Å²) in [7, 11) is 0. The summed E-state index contributed by atoms with van der Waals surface area (Å²) in [5, 5.41) is 19.2. The Labute approximate surface area is 191 Å². The molecule has 1 N–H and O–H groups in total. The van der Waals surface area contributed by atoms with Crippen molar-refractivity contribution in [2.75, 3.05) is 10.2 Å². The maximum absolute atomic E-state index is 11.0. The van der Waals surface area contributed by atoms with Gasteiger partial charge in [0.05, 0.1) is 30.7 Å². The van der Waals surface area contributed by atoms with E-state index in [9.17, 15) is 10.1 Å². The molecule has 0 aliphatic carbocycles. The van der Waals surface area contributed by atoms with Crippen molar-refractivity contribution in [3.05, 3.63) is 96.4 Å².